The van der Waals surface area contributed by atoms with Crippen molar-refractivity contribution < 1.29 is 0 Å². The second kappa shape index (κ2) is 6.49. The lowest BCUT2D eigenvalue weighted by Gasteiger charge is -2.26. The molecule has 0 unspecified atom stereocenters. The van der Waals surface area contributed by atoms with Gasteiger partial charge < -0.3 is 0 Å². The van der Waals surface area contributed by atoms with Crippen molar-refractivity contribution in [2.75, 3.05) is 11.5 Å². The SMILES string of the molecule is CCSP(=S)(SCC)S[Si](C)(C)C. The highest BCUT2D eigenvalue weighted by molar-refractivity contribution is 9.26. The van der Waals surface area contributed by atoms with Gasteiger partial charge in [-0.15, -0.1) is 33.6 Å². The summed E-state index contributed by atoms with van der Waals surface area (Å²) in [6, 6.07) is 0. The van der Waals surface area contributed by atoms with Crippen molar-refractivity contribution >= 4 is 56.3 Å². The van der Waals surface area contributed by atoms with Gasteiger partial charge in [0.15, 0.2) is 0 Å². The highest BCUT2D eigenvalue weighted by Crippen LogP contribution is 2.79. The fourth-order valence-corrected chi connectivity index (χ4v) is 41.0. The Morgan fingerprint density at radius 2 is 1.46 bits per heavy atom. The normalized spacial score (nSPS) is 13.3. The number of rotatable bonds is 6. The van der Waals surface area contributed by atoms with Gasteiger partial charge in [0.2, 0.25) is 0 Å². The van der Waals surface area contributed by atoms with Crippen LogP contribution in [0, 0.1) is 0 Å². The molecule has 0 rings (SSSR count). The molecule has 0 nitrogen and oxygen atoms in total. The van der Waals surface area contributed by atoms with Crippen LogP contribution in [0.4, 0.5) is 0 Å². The first-order valence-electron chi connectivity index (χ1n) is 4.43. The average molecular weight is 291 g/mol. The Morgan fingerprint density at radius 1 is 1.08 bits per heavy atom. The molecule has 0 saturated heterocycles. The van der Waals surface area contributed by atoms with Crippen molar-refractivity contribution in [2.45, 2.75) is 33.5 Å². The molecule has 0 aromatic rings. The van der Waals surface area contributed by atoms with Gasteiger partial charge in [0, 0.05) is 0 Å². The molecule has 0 spiro atoms. The fraction of sp³-hybridized carbons (Fsp3) is 1.00. The van der Waals surface area contributed by atoms with Crippen LogP contribution in [0.15, 0.2) is 0 Å². The number of hydrogen-bond acceptors (Lipinski definition) is 4. The van der Waals surface area contributed by atoms with Gasteiger partial charge in [-0.1, -0.05) is 45.3 Å². The molecule has 0 saturated carbocycles. The van der Waals surface area contributed by atoms with Crippen LogP contribution in [0.2, 0.25) is 19.6 Å². The lowest BCUT2D eigenvalue weighted by Crippen LogP contribution is -2.12. The van der Waals surface area contributed by atoms with E-state index in [-0.39, 0.29) is 0 Å². The van der Waals surface area contributed by atoms with E-state index in [0.717, 1.165) is 0 Å². The van der Waals surface area contributed by atoms with E-state index >= 15 is 0 Å². The van der Waals surface area contributed by atoms with Crippen molar-refractivity contribution in [1.29, 1.82) is 0 Å². The lowest BCUT2D eigenvalue weighted by atomic mass is 11.0. The summed E-state index contributed by atoms with van der Waals surface area (Å²) >= 11 is 9.82. The summed E-state index contributed by atoms with van der Waals surface area (Å²) in [5.74, 6) is 2.34. The zero-order valence-electron chi connectivity index (χ0n) is 8.99. The van der Waals surface area contributed by atoms with Gasteiger partial charge in [0.05, 0.1) is 0 Å². The maximum Gasteiger partial charge on any atom is 0.116 e. The smallest absolute Gasteiger partial charge is 0.116 e. The monoisotopic (exact) mass is 290 g/mol. The van der Waals surface area contributed by atoms with E-state index in [1.165, 1.54) is 11.5 Å². The zero-order chi connectivity index (χ0) is 10.5. The first-order valence-corrected chi connectivity index (χ1v) is 16.1. The van der Waals surface area contributed by atoms with Crippen LogP contribution in [-0.4, -0.2) is 18.7 Å². The Bertz CT molecular complexity index is 179. The summed E-state index contributed by atoms with van der Waals surface area (Å²) in [5.41, 5.74) is 0. The van der Waals surface area contributed by atoms with Crippen molar-refractivity contribution in [3.05, 3.63) is 0 Å². The van der Waals surface area contributed by atoms with Gasteiger partial charge in [-0.05, 0) is 11.5 Å². The van der Waals surface area contributed by atoms with E-state index in [1.807, 2.05) is 22.8 Å². The Hall–Kier alpha value is 1.92. The van der Waals surface area contributed by atoms with Crippen LogP contribution in [0.3, 0.4) is 0 Å². The molecule has 0 fully saturated rings. The first-order chi connectivity index (χ1) is 5.83. The quantitative estimate of drug-likeness (QED) is 0.481. The van der Waals surface area contributed by atoms with Crippen molar-refractivity contribution in [3.8, 4) is 0 Å². The molecule has 80 valence electrons. The van der Waals surface area contributed by atoms with Crippen LogP contribution < -0.4 is 0 Å². The van der Waals surface area contributed by atoms with Gasteiger partial charge in [-0.3, -0.25) is 0 Å². The molecule has 0 aliphatic heterocycles. The van der Waals surface area contributed by atoms with Crippen LogP contribution >= 0.6 is 37.2 Å². The molecule has 0 aromatic carbocycles. The van der Waals surface area contributed by atoms with E-state index in [4.69, 9.17) is 11.8 Å². The molecule has 0 N–H and O–H groups in total. The standard InChI is InChI=1S/C7H19PS4Si/c1-6-10-8(9,11-7-2)12-13(3,4)5/h6-7H2,1-5H3. The highest BCUT2D eigenvalue weighted by Gasteiger charge is 2.26. The van der Waals surface area contributed by atoms with Gasteiger partial charge in [0.25, 0.3) is 0 Å². The van der Waals surface area contributed by atoms with E-state index in [0.29, 0.717) is 0 Å². The molecule has 0 aromatic heterocycles. The minimum absolute atomic E-state index is 1.05. The number of hydrogen-bond donors (Lipinski definition) is 0. The molecule has 0 bridgehead atoms. The van der Waals surface area contributed by atoms with E-state index in [9.17, 15) is 0 Å². The topological polar surface area (TPSA) is 0 Å². The van der Waals surface area contributed by atoms with Crippen LogP contribution in [0.1, 0.15) is 13.8 Å². The van der Waals surface area contributed by atoms with E-state index in [1.54, 1.807) is 0 Å². The minimum Gasteiger partial charge on any atom is -0.130 e. The molecule has 0 aliphatic carbocycles. The van der Waals surface area contributed by atoms with Crippen LogP contribution in [0.25, 0.3) is 0 Å². The summed E-state index contributed by atoms with van der Waals surface area (Å²) < 4.78 is -1.20. The first kappa shape index (κ1) is 14.9. The summed E-state index contributed by atoms with van der Waals surface area (Å²) in [6.45, 7) is 11.6. The fourth-order valence-electron chi connectivity index (χ4n) is 0.742. The minimum atomic E-state index is -1.20. The maximum atomic E-state index is 5.78. The summed E-state index contributed by atoms with van der Waals surface area (Å²) in [6.07, 6.45) is 0. The second-order valence-electron chi connectivity index (χ2n) is 3.49. The van der Waals surface area contributed by atoms with Crippen LogP contribution in [-0.2, 0) is 11.8 Å². The Balaban J connectivity index is 4.33. The third-order valence-electron chi connectivity index (χ3n) is 0.960. The molecule has 6 heteroatoms. The molecule has 0 heterocycles. The highest BCUT2D eigenvalue weighted by atomic mass is 33.5. The molecular weight excluding hydrogens is 271 g/mol. The molecule has 13 heavy (non-hydrogen) atoms. The summed E-state index contributed by atoms with van der Waals surface area (Å²) in [4.78, 5) is 0. The largest absolute Gasteiger partial charge is 0.130 e. The molecule has 0 aliphatic rings. The Morgan fingerprint density at radius 3 is 1.69 bits per heavy atom. The third kappa shape index (κ3) is 7.80. The van der Waals surface area contributed by atoms with E-state index < -0.39 is 10.9 Å². The van der Waals surface area contributed by atoms with Gasteiger partial charge in [-0.2, -0.15) is 0 Å². The third-order valence-corrected chi connectivity index (χ3v) is 27.3. The zero-order valence-corrected chi connectivity index (χ0v) is 14.2. The van der Waals surface area contributed by atoms with Crippen molar-refractivity contribution in [3.63, 3.8) is 0 Å². The molecule has 0 radical (unpaired) electrons. The van der Waals surface area contributed by atoms with Crippen LogP contribution in [0.5, 0.6) is 0 Å². The van der Waals surface area contributed by atoms with E-state index in [2.05, 4.69) is 44.3 Å². The Kier molecular flexibility index (Phi) is 7.45. The predicted molar refractivity (Wildman–Crippen MR) is 81.5 cm³/mol. The second-order valence-corrected chi connectivity index (χ2v) is 28.6. The lowest BCUT2D eigenvalue weighted by molar-refractivity contribution is 1.54. The maximum absolute atomic E-state index is 5.78. The predicted octanol–water partition coefficient (Wildman–Crippen LogP) is 5.29. The van der Waals surface area contributed by atoms with Crippen molar-refractivity contribution in [1.82, 2.24) is 0 Å². The molecule has 0 atom stereocenters. The Labute approximate surface area is 101 Å². The summed E-state index contributed by atoms with van der Waals surface area (Å²) in [7, 11) is 1.10. The molecular formula is C7H19PS4Si. The van der Waals surface area contributed by atoms with Gasteiger partial charge in [-0.25, -0.2) is 0 Å². The molecule has 0 amide bonds. The van der Waals surface area contributed by atoms with Gasteiger partial charge >= 0.3 is 0 Å². The van der Waals surface area contributed by atoms with Gasteiger partial charge in [0.1, 0.15) is 10.9 Å². The average Bonchev–Trinajstić information content (AvgIpc) is 1.82. The summed E-state index contributed by atoms with van der Waals surface area (Å²) in [5, 5.41) is 0. The van der Waals surface area contributed by atoms with Crippen molar-refractivity contribution in [2.24, 2.45) is 0 Å².